The highest BCUT2D eigenvalue weighted by molar-refractivity contribution is 7.85. The zero-order chi connectivity index (χ0) is 24.9. The van der Waals surface area contributed by atoms with Gasteiger partial charge in [0.05, 0.1) is 15.9 Å². The maximum atomic E-state index is 13.1. The fourth-order valence-electron chi connectivity index (χ4n) is 3.25. The van der Waals surface area contributed by atoms with Gasteiger partial charge in [-0.25, -0.2) is 8.42 Å². The van der Waals surface area contributed by atoms with E-state index < -0.39 is 46.2 Å². The summed E-state index contributed by atoms with van der Waals surface area (Å²) in [6.07, 6.45) is -1.13. The zero-order valence-corrected chi connectivity index (χ0v) is 19.1. The van der Waals surface area contributed by atoms with Crippen molar-refractivity contribution in [2.24, 2.45) is 0 Å². The SMILES string of the molecule is CCCCCCCCCCCCCCCC(=O)OC(CS(=O)(=O)[O-])(C(F)(F)F)C(F)(F)F. The standard InChI is InChI=1S/C20H34F6O5S/c1-2-3-4-5-6-7-8-9-10-11-12-13-14-15-17(27)31-18(19(21,22)23,20(24,25)26)16-32(28,29)30/h2-16H2,1H3,(H,28,29,30)/p-1. The first-order valence-electron chi connectivity index (χ1n) is 10.9. The fourth-order valence-corrected chi connectivity index (χ4v) is 4.14. The van der Waals surface area contributed by atoms with Crippen LogP contribution >= 0.6 is 0 Å². The van der Waals surface area contributed by atoms with Crippen molar-refractivity contribution in [2.75, 3.05) is 5.75 Å². The molecule has 0 N–H and O–H groups in total. The van der Waals surface area contributed by atoms with Crippen LogP contribution in [0.25, 0.3) is 0 Å². The number of carbonyl (C=O) groups excluding carboxylic acids is 1. The van der Waals surface area contributed by atoms with Crippen LogP contribution in [0.15, 0.2) is 0 Å². The van der Waals surface area contributed by atoms with Crippen molar-refractivity contribution in [3.05, 3.63) is 0 Å². The first-order chi connectivity index (χ1) is 14.7. The smallest absolute Gasteiger partial charge is 0.438 e. The highest BCUT2D eigenvalue weighted by atomic mass is 32.2. The molecule has 0 aromatic heterocycles. The van der Waals surface area contributed by atoms with Crippen LogP contribution < -0.4 is 0 Å². The van der Waals surface area contributed by atoms with E-state index in [1.165, 1.54) is 32.1 Å². The molecule has 0 amide bonds. The topological polar surface area (TPSA) is 83.5 Å². The molecule has 12 heteroatoms. The lowest BCUT2D eigenvalue weighted by Gasteiger charge is -2.36. The van der Waals surface area contributed by atoms with Gasteiger partial charge in [0.15, 0.2) is 0 Å². The molecule has 192 valence electrons. The average Bonchev–Trinajstić information content (AvgIpc) is 2.62. The van der Waals surface area contributed by atoms with Crippen molar-refractivity contribution in [3.63, 3.8) is 0 Å². The van der Waals surface area contributed by atoms with Crippen LogP contribution in [-0.2, 0) is 19.6 Å². The highest BCUT2D eigenvalue weighted by Crippen LogP contribution is 2.47. The number of carbonyl (C=O) groups is 1. The van der Waals surface area contributed by atoms with Gasteiger partial charge in [0.25, 0.3) is 0 Å². The summed E-state index contributed by atoms with van der Waals surface area (Å²) in [6, 6.07) is 0. The van der Waals surface area contributed by atoms with Gasteiger partial charge >= 0.3 is 23.9 Å². The number of alkyl halides is 6. The Bertz CT molecular complexity index is 617. The Morgan fingerprint density at radius 3 is 1.38 bits per heavy atom. The summed E-state index contributed by atoms with van der Waals surface area (Å²) in [6.45, 7) is 2.16. The van der Waals surface area contributed by atoms with Gasteiger partial charge in [-0.1, -0.05) is 84.0 Å². The van der Waals surface area contributed by atoms with Gasteiger partial charge in [-0.3, -0.25) is 4.79 Å². The normalized spacial score (nSPS) is 13.4. The summed E-state index contributed by atoms with van der Waals surface area (Å²) in [4.78, 5) is 11.6. The molecule has 0 radical (unpaired) electrons. The van der Waals surface area contributed by atoms with E-state index in [0.29, 0.717) is 12.8 Å². The number of esters is 1. The van der Waals surface area contributed by atoms with Crippen LogP contribution in [0.4, 0.5) is 26.3 Å². The number of hydrogen-bond donors (Lipinski definition) is 0. The van der Waals surface area contributed by atoms with E-state index in [1.54, 1.807) is 0 Å². The van der Waals surface area contributed by atoms with E-state index in [0.717, 1.165) is 32.1 Å². The van der Waals surface area contributed by atoms with Gasteiger partial charge in [0.2, 0.25) is 0 Å². The lowest BCUT2D eigenvalue weighted by atomic mass is 10.0. The van der Waals surface area contributed by atoms with Gasteiger partial charge in [-0.15, -0.1) is 0 Å². The molecule has 0 atom stereocenters. The lowest BCUT2D eigenvalue weighted by Crippen LogP contribution is -2.63. The lowest BCUT2D eigenvalue weighted by molar-refractivity contribution is -0.361. The summed E-state index contributed by atoms with van der Waals surface area (Å²) in [5, 5.41) is 0. The van der Waals surface area contributed by atoms with Crippen LogP contribution in [0.2, 0.25) is 0 Å². The first-order valence-corrected chi connectivity index (χ1v) is 12.5. The van der Waals surface area contributed by atoms with Crippen LogP contribution in [0.1, 0.15) is 96.8 Å². The third-order valence-corrected chi connectivity index (χ3v) is 5.83. The molecule has 0 aliphatic heterocycles. The number of rotatable bonds is 17. The minimum atomic E-state index is -6.33. The maximum absolute atomic E-state index is 13.1. The van der Waals surface area contributed by atoms with Crippen LogP contribution in [0.5, 0.6) is 0 Å². The molecular weight excluding hydrogens is 466 g/mol. The molecule has 0 spiro atoms. The van der Waals surface area contributed by atoms with Gasteiger partial charge in [0.1, 0.15) is 0 Å². The summed E-state index contributed by atoms with van der Waals surface area (Å²) in [5.41, 5.74) is -5.38. The third kappa shape index (κ3) is 12.3. The molecule has 0 saturated heterocycles. The number of ether oxygens (including phenoxy) is 1. The van der Waals surface area contributed by atoms with Crippen LogP contribution in [-0.4, -0.2) is 42.6 Å². The molecule has 0 aliphatic rings. The average molecular weight is 500 g/mol. The summed E-state index contributed by atoms with van der Waals surface area (Å²) >= 11 is 0. The molecule has 0 aliphatic carbocycles. The van der Waals surface area contributed by atoms with Crippen molar-refractivity contribution in [2.45, 2.75) is 115 Å². The Balaban J connectivity index is 4.34. The molecule has 0 fully saturated rings. The minimum absolute atomic E-state index is 0.00776. The number of halogens is 6. The molecule has 0 saturated carbocycles. The molecule has 0 bridgehead atoms. The molecule has 0 rings (SSSR count). The summed E-state index contributed by atoms with van der Waals surface area (Å²) in [5.74, 6) is -4.82. The second-order valence-electron chi connectivity index (χ2n) is 7.99. The maximum Gasteiger partial charge on any atom is 0.438 e. The Hall–Kier alpha value is -1.04. The monoisotopic (exact) mass is 499 g/mol. The first kappa shape index (κ1) is 31.0. The van der Waals surface area contributed by atoms with Gasteiger partial charge in [-0.05, 0) is 6.42 Å². The molecule has 0 aromatic rings. The molecule has 32 heavy (non-hydrogen) atoms. The summed E-state index contributed by atoms with van der Waals surface area (Å²) < 4.78 is 114. The van der Waals surface area contributed by atoms with Crippen molar-refractivity contribution >= 4 is 16.1 Å². The van der Waals surface area contributed by atoms with Gasteiger partial charge in [0, 0.05) is 6.42 Å². The number of hydrogen-bond acceptors (Lipinski definition) is 5. The predicted octanol–water partition coefficient (Wildman–Crippen LogP) is 6.42. The second kappa shape index (κ2) is 14.3. The van der Waals surface area contributed by atoms with Crippen molar-refractivity contribution in [1.82, 2.24) is 0 Å². The Morgan fingerprint density at radius 2 is 1.06 bits per heavy atom. The quantitative estimate of drug-likeness (QED) is 0.0998. The van der Waals surface area contributed by atoms with Crippen LogP contribution in [0.3, 0.4) is 0 Å². The van der Waals surface area contributed by atoms with Crippen molar-refractivity contribution in [3.8, 4) is 0 Å². The second-order valence-corrected chi connectivity index (χ2v) is 9.40. The molecule has 5 nitrogen and oxygen atoms in total. The van der Waals surface area contributed by atoms with E-state index in [2.05, 4.69) is 11.7 Å². The van der Waals surface area contributed by atoms with E-state index in [-0.39, 0.29) is 6.42 Å². The largest absolute Gasteiger partial charge is 0.748 e. The fraction of sp³-hybridized carbons (Fsp3) is 0.950. The minimum Gasteiger partial charge on any atom is -0.748 e. The van der Waals surface area contributed by atoms with E-state index in [1.807, 2.05) is 0 Å². The molecule has 0 unspecified atom stereocenters. The number of unbranched alkanes of at least 4 members (excludes halogenated alkanes) is 12. The van der Waals surface area contributed by atoms with Gasteiger partial charge < -0.3 is 9.29 Å². The highest BCUT2D eigenvalue weighted by Gasteiger charge is 2.75. The molecule has 0 heterocycles. The van der Waals surface area contributed by atoms with E-state index in [9.17, 15) is 44.1 Å². The predicted molar refractivity (Wildman–Crippen MR) is 106 cm³/mol. The van der Waals surface area contributed by atoms with Crippen molar-refractivity contribution < 1.29 is 48.8 Å². The molecular formula is C20H33F6O5S-. The molecule has 0 aromatic carbocycles. The van der Waals surface area contributed by atoms with E-state index in [4.69, 9.17) is 0 Å². The van der Waals surface area contributed by atoms with Crippen molar-refractivity contribution in [1.29, 1.82) is 0 Å². The Labute approximate surface area is 186 Å². The zero-order valence-electron chi connectivity index (χ0n) is 18.3. The Morgan fingerprint density at radius 1 is 0.719 bits per heavy atom. The Kier molecular flexibility index (Phi) is 13.8. The van der Waals surface area contributed by atoms with Crippen LogP contribution in [0, 0.1) is 0 Å². The van der Waals surface area contributed by atoms with E-state index >= 15 is 0 Å². The summed E-state index contributed by atoms with van der Waals surface area (Å²) in [7, 11) is -6.01. The van der Waals surface area contributed by atoms with Gasteiger partial charge in [-0.2, -0.15) is 26.3 Å². The third-order valence-electron chi connectivity index (χ3n) is 5.07.